The third-order valence-electron chi connectivity index (χ3n) is 5.15. The van der Waals surface area contributed by atoms with Gasteiger partial charge in [0.1, 0.15) is 47.4 Å². The van der Waals surface area contributed by atoms with Crippen molar-refractivity contribution in [3.8, 4) is 23.0 Å². The van der Waals surface area contributed by atoms with E-state index in [1.54, 1.807) is 12.1 Å². The number of rotatable bonds is 4. The number of phenolic OH excluding ortho intramolecular Hbond substituents is 2. The molecule has 4 rings (SSSR count). The molecule has 0 bridgehead atoms. The SMILES string of the molecule is OC[C@@H]1O[C@H](Oc2cc(O)c3c(c2)O[C@H](c2ccc(O)cc2)[C@@H](O)C3)[C@H](O)[C@@H]1O. The van der Waals surface area contributed by atoms with Crippen LogP contribution in [0.25, 0.3) is 0 Å². The molecule has 2 aliphatic heterocycles. The minimum atomic E-state index is -1.38. The molecule has 9 heteroatoms. The van der Waals surface area contributed by atoms with Crippen molar-refractivity contribution in [2.45, 2.75) is 43.2 Å². The predicted molar refractivity (Wildman–Crippen MR) is 97.7 cm³/mol. The Morgan fingerprint density at radius 2 is 1.72 bits per heavy atom. The molecule has 0 amide bonds. The Balaban J connectivity index is 1.57. The van der Waals surface area contributed by atoms with Crippen LogP contribution >= 0.6 is 0 Å². The highest BCUT2D eigenvalue weighted by atomic mass is 16.7. The van der Waals surface area contributed by atoms with Gasteiger partial charge < -0.3 is 44.8 Å². The third-order valence-corrected chi connectivity index (χ3v) is 5.15. The second kappa shape index (κ2) is 7.69. The summed E-state index contributed by atoms with van der Waals surface area (Å²) in [5, 5.41) is 59.2. The normalized spacial score (nSPS) is 31.2. The molecule has 1 fully saturated rings. The number of hydrogen-bond donors (Lipinski definition) is 6. The summed E-state index contributed by atoms with van der Waals surface area (Å²) in [6.07, 6.45) is -6.38. The topological polar surface area (TPSA) is 149 Å². The lowest BCUT2D eigenvalue weighted by atomic mass is 9.94. The summed E-state index contributed by atoms with van der Waals surface area (Å²) in [5.41, 5.74) is 1.05. The van der Waals surface area contributed by atoms with Gasteiger partial charge in [0.25, 0.3) is 0 Å². The average Bonchev–Trinajstić information content (AvgIpc) is 2.97. The maximum atomic E-state index is 10.4. The van der Waals surface area contributed by atoms with Crippen LogP contribution in [-0.2, 0) is 11.2 Å². The Hall–Kier alpha value is -2.56. The molecule has 6 atom stereocenters. The molecule has 2 aromatic carbocycles. The number of hydrogen-bond acceptors (Lipinski definition) is 9. The highest BCUT2D eigenvalue weighted by Gasteiger charge is 2.44. The lowest BCUT2D eigenvalue weighted by molar-refractivity contribution is -0.116. The quantitative estimate of drug-likeness (QED) is 0.411. The highest BCUT2D eigenvalue weighted by Crippen LogP contribution is 2.42. The second-order valence-electron chi connectivity index (χ2n) is 7.15. The van der Waals surface area contributed by atoms with Crippen LogP contribution in [0.4, 0.5) is 0 Å². The standard InChI is InChI=1S/C20H22O9/c21-8-16-17(25)18(26)20(29-16)27-11-5-13(23)12-7-14(24)19(28-15(12)6-11)9-1-3-10(22)4-2-9/h1-6,14,16-26H,7-8H2/t14-,16-,17+,18+,19+,20-/m0/s1. The first kappa shape index (κ1) is 19.7. The van der Waals surface area contributed by atoms with E-state index in [4.69, 9.17) is 19.3 Å². The van der Waals surface area contributed by atoms with Crippen molar-refractivity contribution in [2.24, 2.45) is 0 Å². The van der Waals surface area contributed by atoms with Gasteiger partial charge in [-0.3, -0.25) is 0 Å². The van der Waals surface area contributed by atoms with Crippen molar-refractivity contribution in [2.75, 3.05) is 6.61 Å². The first-order chi connectivity index (χ1) is 13.9. The monoisotopic (exact) mass is 406 g/mol. The van der Waals surface area contributed by atoms with Gasteiger partial charge in [-0.05, 0) is 17.7 Å². The number of phenols is 2. The van der Waals surface area contributed by atoms with E-state index in [1.165, 1.54) is 24.3 Å². The van der Waals surface area contributed by atoms with Crippen LogP contribution in [0.3, 0.4) is 0 Å². The number of aliphatic hydroxyl groups is 4. The lowest BCUT2D eigenvalue weighted by Gasteiger charge is -2.31. The summed E-state index contributed by atoms with van der Waals surface area (Å²) in [6.45, 7) is -0.483. The molecule has 29 heavy (non-hydrogen) atoms. The second-order valence-corrected chi connectivity index (χ2v) is 7.15. The van der Waals surface area contributed by atoms with Crippen LogP contribution in [0.1, 0.15) is 17.2 Å². The summed E-state index contributed by atoms with van der Waals surface area (Å²) < 4.78 is 16.7. The summed E-state index contributed by atoms with van der Waals surface area (Å²) >= 11 is 0. The molecule has 1 saturated heterocycles. The van der Waals surface area contributed by atoms with Gasteiger partial charge in [0.05, 0.1) is 12.7 Å². The van der Waals surface area contributed by atoms with Crippen LogP contribution in [-0.4, -0.2) is 68.0 Å². The van der Waals surface area contributed by atoms with E-state index in [0.29, 0.717) is 11.1 Å². The molecule has 0 saturated carbocycles. The minimum Gasteiger partial charge on any atom is -0.508 e. The third kappa shape index (κ3) is 3.70. The number of aliphatic hydroxyl groups excluding tert-OH is 4. The van der Waals surface area contributed by atoms with E-state index in [0.717, 1.165) is 0 Å². The molecule has 0 spiro atoms. The van der Waals surface area contributed by atoms with Crippen LogP contribution < -0.4 is 9.47 Å². The molecular weight excluding hydrogens is 384 g/mol. The Labute approximate surface area is 166 Å². The Morgan fingerprint density at radius 3 is 2.38 bits per heavy atom. The van der Waals surface area contributed by atoms with Crippen molar-refractivity contribution >= 4 is 0 Å². The van der Waals surface area contributed by atoms with Gasteiger partial charge >= 0.3 is 0 Å². The van der Waals surface area contributed by atoms with E-state index >= 15 is 0 Å². The zero-order valence-electron chi connectivity index (χ0n) is 15.3. The van der Waals surface area contributed by atoms with Crippen LogP contribution in [0.5, 0.6) is 23.0 Å². The zero-order chi connectivity index (χ0) is 20.7. The maximum Gasteiger partial charge on any atom is 0.229 e. The molecule has 6 N–H and O–H groups in total. The Kier molecular flexibility index (Phi) is 5.24. The van der Waals surface area contributed by atoms with Gasteiger partial charge in [-0.25, -0.2) is 0 Å². The molecule has 2 heterocycles. The van der Waals surface area contributed by atoms with Gasteiger partial charge in [-0.1, -0.05) is 12.1 Å². The average molecular weight is 406 g/mol. The summed E-state index contributed by atoms with van der Waals surface area (Å²) in [4.78, 5) is 0. The van der Waals surface area contributed by atoms with Crippen molar-refractivity contribution in [1.82, 2.24) is 0 Å². The Bertz CT molecular complexity index is 869. The van der Waals surface area contributed by atoms with Crippen LogP contribution in [0.2, 0.25) is 0 Å². The number of fused-ring (bicyclic) bond motifs is 1. The molecule has 0 unspecified atom stereocenters. The van der Waals surface area contributed by atoms with Gasteiger partial charge in [-0.2, -0.15) is 0 Å². The van der Waals surface area contributed by atoms with E-state index in [9.17, 15) is 25.5 Å². The fraction of sp³-hybridized carbons (Fsp3) is 0.400. The number of ether oxygens (including phenoxy) is 3. The van der Waals surface area contributed by atoms with E-state index in [2.05, 4.69) is 0 Å². The maximum absolute atomic E-state index is 10.4. The van der Waals surface area contributed by atoms with Crippen LogP contribution in [0, 0.1) is 0 Å². The molecular formula is C20H22O9. The first-order valence-corrected chi connectivity index (χ1v) is 9.16. The Morgan fingerprint density at radius 1 is 1.00 bits per heavy atom. The molecule has 2 aromatic rings. The minimum absolute atomic E-state index is 0.0891. The summed E-state index contributed by atoms with van der Waals surface area (Å²) in [5.74, 6) is 0.339. The van der Waals surface area contributed by atoms with Gasteiger partial charge in [0.15, 0.2) is 0 Å². The van der Waals surface area contributed by atoms with E-state index in [1.807, 2.05) is 0 Å². The molecule has 9 nitrogen and oxygen atoms in total. The van der Waals surface area contributed by atoms with Crippen molar-refractivity contribution in [1.29, 1.82) is 0 Å². The fourth-order valence-corrected chi connectivity index (χ4v) is 3.57. The largest absolute Gasteiger partial charge is 0.508 e. The van der Waals surface area contributed by atoms with E-state index < -0.39 is 43.4 Å². The van der Waals surface area contributed by atoms with Crippen LogP contribution in [0.15, 0.2) is 36.4 Å². The van der Waals surface area contributed by atoms with Crippen molar-refractivity contribution < 1.29 is 44.8 Å². The lowest BCUT2D eigenvalue weighted by Crippen LogP contribution is -2.35. The first-order valence-electron chi connectivity index (χ1n) is 9.16. The summed E-state index contributed by atoms with van der Waals surface area (Å²) in [6, 6.07) is 9.02. The van der Waals surface area contributed by atoms with Crippen molar-refractivity contribution in [3.05, 3.63) is 47.5 Å². The molecule has 0 aliphatic carbocycles. The van der Waals surface area contributed by atoms with Gasteiger partial charge in [0, 0.05) is 24.1 Å². The highest BCUT2D eigenvalue weighted by molar-refractivity contribution is 5.52. The van der Waals surface area contributed by atoms with Gasteiger partial charge in [0.2, 0.25) is 6.29 Å². The van der Waals surface area contributed by atoms with E-state index in [-0.39, 0.29) is 29.4 Å². The van der Waals surface area contributed by atoms with Crippen molar-refractivity contribution in [3.63, 3.8) is 0 Å². The fourth-order valence-electron chi connectivity index (χ4n) is 3.57. The molecule has 2 aliphatic rings. The summed E-state index contributed by atoms with van der Waals surface area (Å²) in [7, 11) is 0. The van der Waals surface area contributed by atoms with Gasteiger partial charge in [-0.15, -0.1) is 0 Å². The molecule has 0 radical (unpaired) electrons. The number of benzene rings is 2. The number of aromatic hydroxyl groups is 2. The smallest absolute Gasteiger partial charge is 0.229 e. The molecule has 0 aromatic heterocycles. The predicted octanol–water partition coefficient (Wildman–Crippen LogP) is -0.0473. The molecule has 156 valence electrons. The zero-order valence-corrected chi connectivity index (χ0v) is 15.3.